The summed E-state index contributed by atoms with van der Waals surface area (Å²) in [5.41, 5.74) is 2.03. The number of hydrogen-bond donors (Lipinski definition) is 0. The van der Waals surface area contributed by atoms with Crippen molar-refractivity contribution in [2.75, 3.05) is 0 Å². The maximum Gasteiger partial charge on any atom is 0.134 e. The molecule has 0 aliphatic rings. The maximum atomic E-state index is 5.65. The number of ether oxygens (including phenoxy) is 1. The number of para-hydroxylation sites is 1. The number of nitrogens with zero attached hydrogens (tertiary/aromatic N) is 3. The first-order valence-corrected chi connectivity index (χ1v) is 7.69. The Hall–Kier alpha value is -1.89. The van der Waals surface area contributed by atoms with Crippen LogP contribution < -0.4 is 4.74 Å². The summed E-state index contributed by atoms with van der Waals surface area (Å²) in [6.07, 6.45) is 1.92. The second-order valence-corrected chi connectivity index (χ2v) is 5.88. The van der Waals surface area contributed by atoms with E-state index in [4.69, 9.17) is 4.74 Å². The smallest absolute Gasteiger partial charge is 0.134 e. The summed E-state index contributed by atoms with van der Waals surface area (Å²) in [7, 11) is 0. The van der Waals surface area contributed by atoms with Crippen LogP contribution in [0.2, 0.25) is 0 Å². The van der Waals surface area contributed by atoms with E-state index >= 15 is 0 Å². The minimum absolute atomic E-state index is 0.427. The Balaban J connectivity index is 1.59. The Morgan fingerprint density at radius 1 is 1.00 bits per heavy atom. The van der Waals surface area contributed by atoms with Crippen molar-refractivity contribution in [1.29, 1.82) is 0 Å². The van der Waals surface area contributed by atoms with Crippen molar-refractivity contribution in [2.45, 2.75) is 13.2 Å². The van der Waals surface area contributed by atoms with Gasteiger partial charge in [-0.3, -0.25) is 0 Å². The van der Waals surface area contributed by atoms with Crippen molar-refractivity contribution >= 4 is 22.6 Å². The average molecular weight is 391 g/mol. The summed E-state index contributed by atoms with van der Waals surface area (Å²) >= 11 is 2.30. The lowest BCUT2D eigenvalue weighted by molar-refractivity contribution is 0.301. The molecule has 2 aromatic carbocycles. The van der Waals surface area contributed by atoms with E-state index in [0.717, 1.165) is 18.0 Å². The van der Waals surface area contributed by atoms with Crippen LogP contribution in [0.5, 0.6) is 5.75 Å². The zero-order chi connectivity index (χ0) is 14.5. The first-order chi connectivity index (χ1) is 10.3. The van der Waals surface area contributed by atoms with Gasteiger partial charge in [-0.2, -0.15) is 0 Å². The van der Waals surface area contributed by atoms with E-state index in [1.54, 1.807) is 0 Å². The molecular formula is C16H14IN3O. The molecule has 0 unspecified atom stereocenters. The summed E-state index contributed by atoms with van der Waals surface area (Å²) < 4.78 is 8.71. The Kier molecular flexibility index (Phi) is 4.49. The van der Waals surface area contributed by atoms with E-state index < -0.39 is 0 Å². The second kappa shape index (κ2) is 6.71. The summed E-state index contributed by atoms with van der Waals surface area (Å²) in [6.45, 7) is 1.14. The molecule has 1 aromatic heterocycles. The number of benzene rings is 2. The van der Waals surface area contributed by atoms with E-state index in [2.05, 4.69) is 57.2 Å². The van der Waals surface area contributed by atoms with Gasteiger partial charge in [0.2, 0.25) is 0 Å². The Labute approximate surface area is 136 Å². The van der Waals surface area contributed by atoms with Gasteiger partial charge in [-0.15, -0.1) is 5.10 Å². The van der Waals surface area contributed by atoms with Gasteiger partial charge in [0.05, 0.1) is 12.7 Å². The largest absolute Gasteiger partial charge is 0.487 e. The predicted octanol–water partition coefficient (Wildman–Crippen LogP) is 3.51. The molecule has 0 aliphatic heterocycles. The van der Waals surface area contributed by atoms with Gasteiger partial charge in [0, 0.05) is 3.57 Å². The lowest BCUT2D eigenvalue weighted by atomic mass is 10.2. The topological polar surface area (TPSA) is 39.9 Å². The SMILES string of the molecule is Ic1ccc(Cn2cc(COc3ccccc3)nn2)cc1. The van der Waals surface area contributed by atoms with Gasteiger partial charge in [0.25, 0.3) is 0 Å². The molecule has 0 aliphatic carbocycles. The van der Waals surface area contributed by atoms with Gasteiger partial charge in [0.1, 0.15) is 18.1 Å². The molecule has 3 aromatic rings. The van der Waals surface area contributed by atoms with Gasteiger partial charge < -0.3 is 4.74 Å². The highest BCUT2D eigenvalue weighted by atomic mass is 127. The van der Waals surface area contributed by atoms with Crippen LogP contribution >= 0.6 is 22.6 Å². The van der Waals surface area contributed by atoms with E-state index in [0.29, 0.717) is 6.61 Å². The first kappa shape index (κ1) is 14.1. The van der Waals surface area contributed by atoms with Crippen LogP contribution in [0.4, 0.5) is 0 Å². The fourth-order valence-corrected chi connectivity index (χ4v) is 2.29. The van der Waals surface area contributed by atoms with E-state index in [9.17, 15) is 0 Å². The third kappa shape index (κ3) is 4.04. The van der Waals surface area contributed by atoms with Crippen molar-refractivity contribution in [1.82, 2.24) is 15.0 Å². The van der Waals surface area contributed by atoms with Gasteiger partial charge in [-0.05, 0) is 52.4 Å². The molecule has 106 valence electrons. The zero-order valence-corrected chi connectivity index (χ0v) is 13.5. The molecule has 1 heterocycles. The number of rotatable bonds is 5. The quantitative estimate of drug-likeness (QED) is 0.625. The van der Waals surface area contributed by atoms with Crippen LogP contribution in [0.3, 0.4) is 0 Å². The molecule has 21 heavy (non-hydrogen) atoms. The molecule has 0 N–H and O–H groups in total. The Morgan fingerprint density at radius 2 is 1.76 bits per heavy atom. The molecule has 0 spiro atoms. The van der Waals surface area contributed by atoms with E-state index in [1.165, 1.54) is 9.13 Å². The normalized spacial score (nSPS) is 10.5. The third-order valence-corrected chi connectivity index (χ3v) is 3.69. The highest BCUT2D eigenvalue weighted by Crippen LogP contribution is 2.11. The molecule has 0 radical (unpaired) electrons. The van der Waals surface area contributed by atoms with E-state index in [-0.39, 0.29) is 0 Å². The average Bonchev–Trinajstić information content (AvgIpc) is 2.96. The molecule has 4 nitrogen and oxygen atoms in total. The van der Waals surface area contributed by atoms with Crippen LogP contribution in [0.1, 0.15) is 11.3 Å². The fourth-order valence-electron chi connectivity index (χ4n) is 1.93. The monoisotopic (exact) mass is 391 g/mol. The van der Waals surface area contributed by atoms with E-state index in [1.807, 2.05) is 41.2 Å². The molecular weight excluding hydrogens is 377 g/mol. The lowest BCUT2D eigenvalue weighted by Crippen LogP contribution is -2.00. The van der Waals surface area contributed by atoms with Gasteiger partial charge >= 0.3 is 0 Å². The Morgan fingerprint density at radius 3 is 2.52 bits per heavy atom. The summed E-state index contributed by atoms with van der Waals surface area (Å²) in [5, 5.41) is 8.26. The zero-order valence-electron chi connectivity index (χ0n) is 11.3. The van der Waals surface area contributed by atoms with Crippen molar-refractivity contribution in [3.63, 3.8) is 0 Å². The standard InChI is InChI=1S/C16H14IN3O/c17-14-8-6-13(7-9-14)10-20-11-15(18-19-20)12-21-16-4-2-1-3-5-16/h1-9,11H,10,12H2. The molecule has 0 saturated heterocycles. The minimum Gasteiger partial charge on any atom is -0.487 e. The van der Waals surface area contributed by atoms with Crippen LogP contribution in [0.25, 0.3) is 0 Å². The predicted molar refractivity (Wildman–Crippen MR) is 89.1 cm³/mol. The molecule has 5 heteroatoms. The Bertz CT molecular complexity index is 695. The number of aromatic nitrogens is 3. The molecule has 0 bridgehead atoms. The summed E-state index contributed by atoms with van der Waals surface area (Å²) in [6, 6.07) is 18.1. The summed E-state index contributed by atoms with van der Waals surface area (Å²) in [5.74, 6) is 0.838. The second-order valence-electron chi connectivity index (χ2n) is 4.64. The van der Waals surface area contributed by atoms with Crippen LogP contribution in [-0.2, 0) is 13.2 Å². The highest BCUT2D eigenvalue weighted by molar-refractivity contribution is 14.1. The lowest BCUT2D eigenvalue weighted by Gasteiger charge is -2.02. The first-order valence-electron chi connectivity index (χ1n) is 6.61. The molecule has 0 atom stereocenters. The molecule has 0 saturated carbocycles. The number of hydrogen-bond acceptors (Lipinski definition) is 3. The summed E-state index contributed by atoms with van der Waals surface area (Å²) in [4.78, 5) is 0. The van der Waals surface area contributed by atoms with Crippen LogP contribution in [0, 0.1) is 3.57 Å². The van der Waals surface area contributed by atoms with Crippen LogP contribution in [-0.4, -0.2) is 15.0 Å². The highest BCUT2D eigenvalue weighted by Gasteiger charge is 2.03. The van der Waals surface area contributed by atoms with Crippen molar-refractivity contribution < 1.29 is 4.74 Å². The maximum absolute atomic E-state index is 5.65. The van der Waals surface area contributed by atoms with Gasteiger partial charge in [-0.1, -0.05) is 35.5 Å². The molecule has 0 amide bonds. The van der Waals surface area contributed by atoms with Crippen LogP contribution in [0.15, 0.2) is 60.8 Å². The van der Waals surface area contributed by atoms with Gasteiger partial charge in [0.15, 0.2) is 0 Å². The van der Waals surface area contributed by atoms with Gasteiger partial charge in [-0.25, -0.2) is 4.68 Å². The minimum atomic E-state index is 0.427. The third-order valence-electron chi connectivity index (χ3n) is 2.97. The van der Waals surface area contributed by atoms with Crippen molar-refractivity contribution in [3.8, 4) is 5.75 Å². The molecule has 0 fully saturated rings. The van der Waals surface area contributed by atoms with Crippen molar-refractivity contribution in [2.24, 2.45) is 0 Å². The number of halogens is 1. The molecule has 3 rings (SSSR count). The van der Waals surface area contributed by atoms with Crippen molar-refractivity contribution in [3.05, 3.63) is 75.6 Å². The fraction of sp³-hybridized carbons (Fsp3) is 0.125.